The lowest BCUT2D eigenvalue weighted by atomic mass is 10.2. The molecule has 0 unspecified atom stereocenters. The SMILES string of the molecule is FC(F)c1ccc2nc(N3CCNCC3)c3nncn3c2c1. The molecule has 1 saturated heterocycles. The van der Waals surface area contributed by atoms with Crippen LogP contribution in [0.15, 0.2) is 24.5 Å². The summed E-state index contributed by atoms with van der Waals surface area (Å²) in [7, 11) is 0. The zero-order valence-corrected chi connectivity index (χ0v) is 11.7. The molecule has 8 heteroatoms. The van der Waals surface area contributed by atoms with Gasteiger partial charge in [0.25, 0.3) is 6.43 Å². The van der Waals surface area contributed by atoms with Crippen molar-refractivity contribution in [1.29, 1.82) is 0 Å². The molecule has 0 atom stereocenters. The van der Waals surface area contributed by atoms with Crippen LogP contribution in [0.4, 0.5) is 14.6 Å². The Balaban J connectivity index is 1.94. The average Bonchev–Trinajstić information content (AvgIpc) is 3.04. The van der Waals surface area contributed by atoms with Crippen LogP contribution in [0, 0.1) is 0 Å². The summed E-state index contributed by atoms with van der Waals surface area (Å²) in [4.78, 5) is 6.77. The Bertz CT molecular complexity index is 825. The van der Waals surface area contributed by atoms with Gasteiger partial charge in [-0.3, -0.25) is 4.40 Å². The Kier molecular flexibility index (Phi) is 3.11. The minimum atomic E-state index is -2.51. The van der Waals surface area contributed by atoms with Crippen molar-refractivity contribution in [3.63, 3.8) is 0 Å². The fraction of sp³-hybridized carbons (Fsp3) is 0.357. The first kappa shape index (κ1) is 13.3. The van der Waals surface area contributed by atoms with Crippen molar-refractivity contribution in [1.82, 2.24) is 24.9 Å². The Morgan fingerprint density at radius 2 is 2.00 bits per heavy atom. The van der Waals surface area contributed by atoms with E-state index in [1.807, 2.05) is 0 Å². The summed E-state index contributed by atoms with van der Waals surface area (Å²) >= 11 is 0. The molecule has 0 spiro atoms. The van der Waals surface area contributed by atoms with Gasteiger partial charge < -0.3 is 10.2 Å². The highest BCUT2D eigenvalue weighted by molar-refractivity contribution is 5.83. The van der Waals surface area contributed by atoms with Gasteiger partial charge in [0, 0.05) is 31.7 Å². The Morgan fingerprint density at radius 1 is 1.18 bits per heavy atom. The summed E-state index contributed by atoms with van der Waals surface area (Å²) in [5, 5.41) is 11.3. The molecule has 0 bridgehead atoms. The van der Waals surface area contributed by atoms with E-state index < -0.39 is 6.43 Å². The van der Waals surface area contributed by atoms with Crippen molar-refractivity contribution in [3.05, 3.63) is 30.1 Å². The Morgan fingerprint density at radius 3 is 2.77 bits per heavy atom. The summed E-state index contributed by atoms with van der Waals surface area (Å²) in [6.07, 6.45) is -0.968. The molecule has 0 amide bonds. The number of nitrogens with one attached hydrogen (secondary N) is 1. The molecule has 0 radical (unpaired) electrons. The van der Waals surface area contributed by atoms with E-state index in [2.05, 4.69) is 25.4 Å². The van der Waals surface area contributed by atoms with E-state index in [0.717, 1.165) is 32.0 Å². The first-order chi connectivity index (χ1) is 10.7. The number of nitrogens with zero attached hydrogens (tertiary/aromatic N) is 5. The highest BCUT2D eigenvalue weighted by atomic mass is 19.3. The van der Waals surface area contributed by atoms with Crippen molar-refractivity contribution >= 4 is 22.5 Å². The van der Waals surface area contributed by atoms with Gasteiger partial charge >= 0.3 is 0 Å². The number of aromatic nitrogens is 4. The van der Waals surface area contributed by atoms with Crippen molar-refractivity contribution < 1.29 is 8.78 Å². The quantitative estimate of drug-likeness (QED) is 0.780. The fourth-order valence-corrected chi connectivity index (χ4v) is 2.78. The summed E-state index contributed by atoms with van der Waals surface area (Å²) in [6.45, 7) is 3.42. The number of benzene rings is 1. The van der Waals surface area contributed by atoms with Crippen LogP contribution < -0.4 is 10.2 Å². The van der Waals surface area contributed by atoms with Crippen LogP contribution in [0.2, 0.25) is 0 Å². The predicted octanol–water partition coefficient (Wildman–Crippen LogP) is 1.62. The lowest BCUT2D eigenvalue weighted by molar-refractivity contribution is 0.151. The zero-order chi connectivity index (χ0) is 15.1. The topological polar surface area (TPSA) is 58.4 Å². The third-order valence-corrected chi connectivity index (χ3v) is 3.90. The molecule has 1 N–H and O–H groups in total. The van der Waals surface area contributed by atoms with E-state index in [4.69, 9.17) is 0 Å². The monoisotopic (exact) mass is 304 g/mol. The molecular weight excluding hydrogens is 290 g/mol. The minimum Gasteiger partial charge on any atom is -0.351 e. The highest BCUT2D eigenvalue weighted by Crippen LogP contribution is 2.27. The second-order valence-corrected chi connectivity index (χ2v) is 5.25. The lowest BCUT2D eigenvalue weighted by Gasteiger charge is -2.28. The van der Waals surface area contributed by atoms with E-state index >= 15 is 0 Å². The molecule has 3 aromatic rings. The molecule has 114 valence electrons. The van der Waals surface area contributed by atoms with Gasteiger partial charge in [0.1, 0.15) is 6.33 Å². The molecule has 1 aliphatic rings. The molecule has 2 aromatic heterocycles. The normalized spacial score (nSPS) is 16.0. The Labute approximate surface area is 124 Å². The van der Waals surface area contributed by atoms with Gasteiger partial charge in [0.15, 0.2) is 5.82 Å². The highest BCUT2D eigenvalue weighted by Gasteiger charge is 2.19. The Hall–Kier alpha value is -2.35. The summed E-state index contributed by atoms with van der Waals surface area (Å²) in [5.74, 6) is 0.747. The maximum atomic E-state index is 12.9. The number of hydrogen-bond donors (Lipinski definition) is 1. The lowest BCUT2D eigenvalue weighted by Crippen LogP contribution is -2.44. The average molecular weight is 304 g/mol. The summed E-state index contributed by atoms with van der Waals surface area (Å²) in [6, 6.07) is 4.49. The van der Waals surface area contributed by atoms with Crippen molar-refractivity contribution in [2.75, 3.05) is 31.1 Å². The maximum Gasteiger partial charge on any atom is 0.263 e. The van der Waals surface area contributed by atoms with Crippen LogP contribution >= 0.6 is 0 Å². The predicted molar refractivity (Wildman–Crippen MR) is 78.3 cm³/mol. The van der Waals surface area contributed by atoms with E-state index in [9.17, 15) is 8.78 Å². The van der Waals surface area contributed by atoms with Crippen LogP contribution in [-0.2, 0) is 0 Å². The standard InChI is InChI=1S/C14H14F2N6/c15-12(16)9-1-2-10-11(7-9)22-8-18-20-14(22)13(19-10)21-5-3-17-4-6-21/h1-2,7-8,12,17H,3-6H2. The van der Waals surface area contributed by atoms with Gasteiger partial charge in [0.2, 0.25) is 5.65 Å². The van der Waals surface area contributed by atoms with Crippen LogP contribution in [0.25, 0.3) is 16.7 Å². The van der Waals surface area contributed by atoms with Gasteiger partial charge in [-0.2, -0.15) is 0 Å². The van der Waals surface area contributed by atoms with Crippen LogP contribution in [0.1, 0.15) is 12.0 Å². The van der Waals surface area contributed by atoms with Crippen molar-refractivity contribution in [3.8, 4) is 0 Å². The molecule has 0 aliphatic carbocycles. The van der Waals surface area contributed by atoms with Gasteiger partial charge in [0.05, 0.1) is 11.0 Å². The molecule has 22 heavy (non-hydrogen) atoms. The molecule has 1 aromatic carbocycles. The van der Waals surface area contributed by atoms with E-state index in [-0.39, 0.29) is 5.56 Å². The van der Waals surface area contributed by atoms with Crippen molar-refractivity contribution in [2.24, 2.45) is 0 Å². The number of rotatable bonds is 2. The number of anilines is 1. The van der Waals surface area contributed by atoms with Crippen LogP contribution in [0.5, 0.6) is 0 Å². The fourth-order valence-electron chi connectivity index (χ4n) is 2.78. The molecule has 0 saturated carbocycles. The third-order valence-electron chi connectivity index (χ3n) is 3.90. The molecule has 3 heterocycles. The summed E-state index contributed by atoms with van der Waals surface area (Å²) < 4.78 is 27.6. The number of fused-ring (bicyclic) bond motifs is 3. The van der Waals surface area contributed by atoms with Gasteiger partial charge in [-0.1, -0.05) is 6.07 Å². The van der Waals surface area contributed by atoms with Crippen LogP contribution in [0.3, 0.4) is 0 Å². The smallest absolute Gasteiger partial charge is 0.263 e. The maximum absolute atomic E-state index is 12.9. The molecular formula is C14H14F2N6. The van der Waals surface area contributed by atoms with Crippen molar-refractivity contribution in [2.45, 2.75) is 6.43 Å². The van der Waals surface area contributed by atoms with E-state index in [1.165, 1.54) is 12.1 Å². The van der Waals surface area contributed by atoms with Crippen LogP contribution in [-0.4, -0.2) is 45.8 Å². The molecule has 4 rings (SSSR count). The largest absolute Gasteiger partial charge is 0.351 e. The molecule has 1 fully saturated rings. The first-order valence-corrected chi connectivity index (χ1v) is 7.11. The first-order valence-electron chi connectivity index (χ1n) is 7.11. The number of halogens is 2. The van der Waals surface area contributed by atoms with E-state index in [0.29, 0.717) is 16.7 Å². The minimum absolute atomic E-state index is 0.0285. The van der Waals surface area contributed by atoms with E-state index in [1.54, 1.807) is 16.8 Å². The second kappa shape index (κ2) is 5.13. The number of hydrogen-bond acceptors (Lipinski definition) is 5. The van der Waals surface area contributed by atoms with Gasteiger partial charge in [-0.25, -0.2) is 13.8 Å². The number of alkyl halides is 2. The molecule has 6 nitrogen and oxygen atoms in total. The third kappa shape index (κ3) is 2.07. The molecule has 1 aliphatic heterocycles. The summed E-state index contributed by atoms with van der Waals surface area (Å²) in [5.41, 5.74) is 1.82. The van der Waals surface area contributed by atoms with Gasteiger partial charge in [-0.15, -0.1) is 10.2 Å². The number of piperazine rings is 1. The van der Waals surface area contributed by atoms with Gasteiger partial charge in [-0.05, 0) is 12.1 Å². The zero-order valence-electron chi connectivity index (χ0n) is 11.7. The second-order valence-electron chi connectivity index (χ2n) is 5.25.